The van der Waals surface area contributed by atoms with Gasteiger partial charge in [0.2, 0.25) is 10.0 Å². The molecule has 27 heavy (non-hydrogen) atoms. The third-order valence-corrected chi connectivity index (χ3v) is 5.59. The van der Waals surface area contributed by atoms with E-state index in [0.29, 0.717) is 19.1 Å². The van der Waals surface area contributed by atoms with Gasteiger partial charge in [0.1, 0.15) is 0 Å². The fraction of sp³-hybridized carbons (Fsp3) is 0.333. The van der Waals surface area contributed by atoms with Crippen molar-refractivity contribution in [2.75, 3.05) is 23.3 Å². The zero-order chi connectivity index (χ0) is 19.8. The van der Waals surface area contributed by atoms with Crippen molar-refractivity contribution < 1.29 is 21.6 Å². The molecule has 1 unspecified atom stereocenters. The number of hydrogen-bond donors (Lipinski definition) is 2. The van der Waals surface area contributed by atoms with E-state index in [9.17, 15) is 21.6 Å². The molecule has 3 N–H and O–H groups in total. The van der Waals surface area contributed by atoms with Crippen LogP contribution in [0.25, 0.3) is 0 Å². The largest absolute Gasteiger partial charge is 0.417 e. The molecule has 0 saturated carbocycles. The number of benzene rings is 2. The van der Waals surface area contributed by atoms with Crippen LogP contribution >= 0.6 is 0 Å². The maximum absolute atomic E-state index is 13.2. The van der Waals surface area contributed by atoms with Crippen LogP contribution in [-0.2, 0) is 22.6 Å². The molecule has 1 aliphatic rings. The van der Waals surface area contributed by atoms with Crippen LogP contribution in [0.15, 0.2) is 47.4 Å². The maximum atomic E-state index is 13.2. The van der Waals surface area contributed by atoms with Crippen molar-refractivity contribution in [1.29, 1.82) is 0 Å². The molecule has 1 aliphatic heterocycles. The van der Waals surface area contributed by atoms with E-state index in [1.54, 1.807) is 0 Å². The van der Waals surface area contributed by atoms with Crippen molar-refractivity contribution in [2.24, 2.45) is 5.14 Å². The minimum Gasteiger partial charge on any atom is -0.383 e. The molecule has 9 heteroatoms. The Kier molecular flexibility index (Phi) is 5.09. The minimum atomic E-state index is -4.82. The van der Waals surface area contributed by atoms with E-state index in [2.05, 4.69) is 23.2 Å². The smallest absolute Gasteiger partial charge is 0.383 e. The first kappa shape index (κ1) is 19.5. The van der Waals surface area contributed by atoms with Gasteiger partial charge in [0.15, 0.2) is 0 Å². The second-order valence-corrected chi connectivity index (χ2v) is 8.09. The van der Waals surface area contributed by atoms with E-state index < -0.39 is 26.7 Å². The molecule has 0 spiro atoms. The standard InChI is InChI=1S/C18H20F3N3O2S/c1-12-10-13-4-2-3-5-16(13)24(12)9-8-23-14-6-7-17(27(22,25)26)15(11-14)18(19,20)21/h2-7,11-12,23H,8-10H2,1H3,(H2,22,25,26). The molecule has 1 atom stereocenters. The first-order chi connectivity index (χ1) is 12.6. The number of anilines is 2. The van der Waals surface area contributed by atoms with Gasteiger partial charge in [0.05, 0.1) is 10.5 Å². The molecule has 0 aliphatic carbocycles. The highest BCUT2D eigenvalue weighted by molar-refractivity contribution is 7.89. The average molecular weight is 399 g/mol. The number of rotatable bonds is 5. The normalized spacial score (nSPS) is 17.1. The lowest BCUT2D eigenvalue weighted by Crippen LogP contribution is -2.33. The Morgan fingerprint density at radius 3 is 2.59 bits per heavy atom. The average Bonchev–Trinajstić information content (AvgIpc) is 2.89. The number of nitrogens with two attached hydrogens (primary N) is 1. The Morgan fingerprint density at radius 1 is 1.22 bits per heavy atom. The van der Waals surface area contributed by atoms with E-state index >= 15 is 0 Å². The van der Waals surface area contributed by atoms with Crippen molar-refractivity contribution in [3.05, 3.63) is 53.6 Å². The molecule has 0 radical (unpaired) electrons. The summed E-state index contributed by atoms with van der Waals surface area (Å²) < 4.78 is 62.4. The molecule has 1 heterocycles. The van der Waals surface area contributed by atoms with Crippen LogP contribution in [0.1, 0.15) is 18.1 Å². The van der Waals surface area contributed by atoms with E-state index in [1.807, 2.05) is 18.2 Å². The monoisotopic (exact) mass is 399 g/mol. The van der Waals surface area contributed by atoms with Gasteiger partial charge in [-0.15, -0.1) is 0 Å². The van der Waals surface area contributed by atoms with Gasteiger partial charge in [-0.05, 0) is 43.2 Å². The van der Waals surface area contributed by atoms with E-state index in [1.165, 1.54) is 11.6 Å². The Bertz CT molecular complexity index is 945. The molecule has 0 amide bonds. The number of fused-ring (bicyclic) bond motifs is 1. The number of alkyl halides is 3. The fourth-order valence-corrected chi connectivity index (χ4v) is 4.14. The third kappa shape index (κ3) is 4.19. The maximum Gasteiger partial charge on any atom is 0.417 e. The van der Waals surface area contributed by atoms with Crippen LogP contribution in [0, 0.1) is 0 Å². The highest BCUT2D eigenvalue weighted by Crippen LogP contribution is 2.35. The Labute approximate surface area is 156 Å². The number of nitrogens with one attached hydrogen (secondary N) is 1. The third-order valence-electron chi connectivity index (χ3n) is 4.62. The van der Waals surface area contributed by atoms with Crippen LogP contribution < -0.4 is 15.4 Å². The highest BCUT2D eigenvalue weighted by Gasteiger charge is 2.36. The van der Waals surface area contributed by atoms with Crippen LogP contribution in [0.2, 0.25) is 0 Å². The molecular weight excluding hydrogens is 379 g/mol. The minimum absolute atomic E-state index is 0.190. The second kappa shape index (κ2) is 7.05. The predicted octanol–water partition coefficient (Wildman–Crippen LogP) is 3.22. The van der Waals surface area contributed by atoms with E-state index in [4.69, 9.17) is 5.14 Å². The Morgan fingerprint density at radius 2 is 1.93 bits per heavy atom. The molecule has 0 aromatic heterocycles. The summed E-state index contributed by atoms with van der Waals surface area (Å²) in [6.45, 7) is 3.11. The van der Waals surface area contributed by atoms with Gasteiger partial charge < -0.3 is 10.2 Å². The number of nitrogens with zero attached hydrogens (tertiary/aromatic N) is 1. The zero-order valence-electron chi connectivity index (χ0n) is 14.6. The van der Waals surface area contributed by atoms with Crippen LogP contribution in [-0.4, -0.2) is 27.5 Å². The SMILES string of the molecule is CC1Cc2ccccc2N1CCNc1ccc(S(N)(=O)=O)c(C(F)(F)F)c1. The van der Waals surface area contributed by atoms with Gasteiger partial charge in [0.25, 0.3) is 0 Å². The zero-order valence-corrected chi connectivity index (χ0v) is 15.4. The van der Waals surface area contributed by atoms with Crippen LogP contribution in [0.4, 0.5) is 24.5 Å². The van der Waals surface area contributed by atoms with E-state index in [0.717, 1.165) is 24.2 Å². The topological polar surface area (TPSA) is 75.4 Å². The Hall–Kier alpha value is -2.26. The molecule has 0 bridgehead atoms. The molecule has 5 nitrogen and oxygen atoms in total. The van der Waals surface area contributed by atoms with Gasteiger partial charge in [0, 0.05) is 30.5 Å². The summed E-state index contributed by atoms with van der Waals surface area (Å²) in [6.07, 6.45) is -3.89. The van der Waals surface area contributed by atoms with Gasteiger partial charge in [-0.25, -0.2) is 13.6 Å². The first-order valence-corrected chi connectivity index (χ1v) is 9.94. The van der Waals surface area contributed by atoms with Crippen LogP contribution in [0.3, 0.4) is 0 Å². The van der Waals surface area contributed by atoms with Crippen molar-refractivity contribution >= 4 is 21.4 Å². The van der Waals surface area contributed by atoms with Gasteiger partial charge >= 0.3 is 6.18 Å². The summed E-state index contributed by atoms with van der Waals surface area (Å²) >= 11 is 0. The number of para-hydroxylation sites is 1. The molecule has 0 saturated heterocycles. The number of halogens is 3. The molecule has 0 fully saturated rings. The number of primary sulfonamides is 1. The van der Waals surface area contributed by atoms with Crippen molar-refractivity contribution in [3.8, 4) is 0 Å². The molecule has 2 aromatic carbocycles. The lowest BCUT2D eigenvalue weighted by atomic mass is 10.1. The lowest BCUT2D eigenvalue weighted by Gasteiger charge is -2.25. The fourth-order valence-electron chi connectivity index (χ4n) is 3.40. The number of sulfonamides is 1. The quantitative estimate of drug-likeness (QED) is 0.810. The second-order valence-electron chi connectivity index (χ2n) is 6.56. The Balaban J connectivity index is 1.74. The molecule has 2 aromatic rings. The number of hydrogen-bond acceptors (Lipinski definition) is 4. The molecule has 146 valence electrons. The first-order valence-electron chi connectivity index (χ1n) is 8.40. The predicted molar refractivity (Wildman–Crippen MR) is 98.3 cm³/mol. The summed E-state index contributed by atoms with van der Waals surface area (Å²) in [5.74, 6) is 0. The van der Waals surface area contributed by atoms with Crippen molar-refractivity contribution in [1.82, 2.24) is 0 Å². The van der Waals surface area contributed by atoms with Gasteiger partial charge in [-0.2, -0.15) is 13.2 Å². The van der Waals surface area contributed by atoms with Gasteiger partial charge in [-0.3, -0.25) is 0 Å². The summed E-state index contributed by atoms with van der Waals surface area (Å²) in [5, 5.41) is 7.83. The van der Waals surface area contributed by atoms with Crippen molar-refractivity contribution in [2.45, 2.75) is 30.5 Å². The summed E-state index contributed by atoms with van der Waals surface area (Å²) in [4.78, 5) is 1.27. The summed E-state index contributed by atoms with van der Waals surface area (Å²) in [6, 6.07) is 11.3. The highest BCUT2D eigenvalue weighted by atomic mass is 32.2. The lowest BCUT2D eigenvalue weighted by molar-refractivity contribution is -0.139. The summed E-state index contributed by atoms with van der Waals surface area (Å²) in [7, 11) is -4.46. The molecular formula is C18H20F3N3O2S. The molecule has 3 rings (SSSR count). The van der Waals surface area contributed by atoms with E-state index in [-0.39, 0.29) is 5.69 Å². The van der Waals surface area contributed by atoms with Crippen LogP contribution in [0.5, 0.6) is 0 Å². The van der Waals surface area contributed by atoms with Gasteiger partial charge in [-0.1, -0.05) is 18.2 Å². The summed E-state index contributed by atoms with van der Waals surface area (Å²) in [5.41, 5.74) is 1.30. The van der Waals surface area contributed by atoms with Crippen molar-refractivity contribution in [3.63, 3.8) is 0 Å².